The van der Waals surface area contributed by atoms with Crippen LogP contribution in [0.3, 0.4) is 0 Å². The van der Waals surface area contributed by atoms with Crippen molar-refractivity contribution in [1.82, 2.24) is 4.90 Å². The van der Waals surface area contributed by atoms with Crippen molar-refractivity contribution in [3.05, 3.63) is 48.0 Å². The maximum absolute atomic E-state index is 13.9. The molecule has 6 N–H and O–H groups in total. The van der Waals surface area contributed by atoms with Crippen LogP contribution >= 0.6 is 0 Å². The summed E-state index contributed by atoms with van der Waals surface area (Å²) in [5.74, 6) is 0.232. The standard InChI is InChI=1S/C34H48N2O11Si/c1-18-30(45-3)23-15-19(35-33(42)32-28(40)27(39)29(41)34(43)47-32)8-13-24(23)46-31(18)25(16-26(38)36-14-6-7-20(36)17-37)48(4,5)22-11-9-21(44-2)10-12-22/h8-13,15,18,20,25,27-32,34,37,39-41,43H,6-7,14,16-17H2,1-5H3,(H,35,42)/t18-,20+,25?,27+,28+,29-,30-,31-,32+,34-/m1/s1. The first-order chi connectivity index (χ1) is 22.8. The molecule has 3 aliphatic heterocycles. The van der Waals surface area contributed by atoms with E-state index in [1.54, 1.807) is 37.3 Å². The van der Waals surface area contributed by atoms with Crippen LogP contribution in [-0.2, 0) is 19.1 Å². The summed E-state index contributed by atoms with van der Waals surface area (Å²) in [7, 11) is 0.763. The van der Waals surface area contributed by atoms with Crippen molar-refractivity contribution in [2.45, 2.75) is 93.8 Å². The van der Waals surface area contributed by atoms with E-state index in [4.69, 9.17) is 18.9 Å². The number of nitrogens with one attached hydrogen (secondary N) is 1. The quantitative estimate of drug-likeness (QED) is 0.195. The number of hydrogen-bond acceptors (Lipinski definition) is 11. The number of benzene rings is 2. The van der Waals surface area contributed by atoms with Crippen molar-refractivity contribution in [2.24, 2.45) is 5.92 Å². The predicted molar refractivity (Wildman–Crippen MR) is 178 cm³/mol. The van der Waals surface area contributed by atoms with Crippen LogP contribution in [0.4, 0.5) is 5.69 Å². The Morgan fingerprint density at radius 1 is 1.04 bits per heavy atom. The van der Waals surface area contributed by atoms with Gasteiger partial charge in [0.15, 0.2) is 12.4 Å². The maximum Gasteiger partial charge on any atom is 0.256 e. The van der Waals surface area contributed by atoms with Crippen molar-refractivity contribution in [1.29, 1.82) is 0 Å². The molecule has 264 valence electrons. The van der Waals surface area contributed by atoms with Crippen LogP contribution in [0, 0.1) is 5.92 Å². The second-order valence-corrected chi connectivity index (χ2v) is 18.3. The fraction of sp³-hybridized carbons (Fsp3) is 0.588. The third kappa shape index (κ3) is 6.98. The fourth-order valence-electron chi connectivity index (χ4n) is 7.42. The number of carbonyl (C=O) groups is 2. The second-order valence-electron chi connectivity index (χ2n) is 13.6. The maximum atomic E-state index is 13.9. The Morgan fingerprint density at radius 3 is 2.40 bits per heavy atom. The summed E-state index contributed by atoms with van der Waals surface area (Å²) >= 11 is 0. The number of aliphatic hydroxyl groups excluding tert-OH is 5. The molecule has 3 aliphatic rings. The average Bonchev–Trinajstić information content (AvgIpc) is 3.57. The van der Waals surface area contributed by atoms with Gasteiger partial charge in [-0.15, -0.1) is 0 Å². The Bertz CT molecular complexity index is 1440. The van der Waals surface area contributed by atoms with Gasteiger partial charge in [-0.1, -0.05) is 37.3 Å². The van der Waals surface area contributed by atoms with E-state index in [-0.39, 0.29) is 36.4 Å². The molecule has 0 saturated carbocycles. The van der Waals surface area contributed by atoms with Crippen molar-refractivity contribution in [3.8, 4) is 11.5 Å². The number of hydrogen-bond donors (Lipinski definition) is 6. The molecule has 1 unspecified atom stereocenters. The number of methoxy groups -OCH3 is 2. The van der Waals surface area contributed by atoms with Crippen LogP contribution in [0.1, 0.15) is 37.9 Å². The van der Waals surface area contributed by atoms with Gasteiger partial charge in [0, 0.05) is 42.8 Å². The van der Waals surface area contributed by atoms with Crippen molar-refractivity contribution in [3.63, 3.8) is 0 Å². The van der Waals surface area contributed by atoms with E-state index in [0.717, 1.165) is 23.8 Å². The lowest BCUT2D eigenvalue weighted by molar-refractivity contribution is -0.274. The highest BCUT2D eigenvalue weighted by Gasteiger charge is 2.49. The molecule has 2 aromatic carbocycles. The molecule has 0 aliphatic carbocycles. The van der Waals surface area contributed by atoms with Crippen LogP contribution in [0.15, 0.2) is 42.5 Å². The van der Waals surface area contributed by atoms with Crippen LogP contribution in [-0.4, -0.2) is 121 Å². The van der Waals surface area contributed by atoms with Gasteiger partial charge in [0.05, 0.1) is 33.9 Å². The number of ether oxygens (including phenoxy) is 4. The zero-order chi connectivity index (χ0) is 34.9. The average molecular weight is 689 g/mol. The van der Waals surface area contributed by atoms with E-state index in [2.05, 4.69) is 30.5 Å². The fourth-order valence-corrected chi connectivity index (χ4v) is 10.8. The molecule has 2 aromatic rings. The van der Waals surface area contributed by atoms with Crippen LogP contribution in [0.25, 0.3) is 0 Å². The van der Waals surface area contributed by atoms with Gasteiger partial charge in [-0.3, -0.25) is 9.59 Å². The normalized spacial score (nSPS) is 31.0. The van der Waals surface area contributed by atoms with Gasteiger partial charge in [0.1, 0.15) is 35.9 Å². The second kappa shape index (κ2) is 14.8. The van der Waals surface area contributed by atoms with E-state index < -0.39 is 56.9 Å². The molecule has 2 fully saturated rings. The molecule has 14 heteroatoms. The topological polar surface area (TPSA) is 187 Å². The molecule has 10 atom stereocenters. The lowest BCUT2D eigenvalue weighted by Gasteiger charge is -2.46. The number of amides is 2. The van der Waals surface area contributed by atoms with Gasteiger partial charge in [0.25, 0.3) is 5.91 Å². The minimum atomic E-state index is -2.46. The Balaban J connectivity index is 1.44. The van der Waals surface area contributed by atoms with Crippen molar-refractivity contribution in [2.75, 3.05) is 32.7 Å². The number of likely N-dealkylation sites (tertiary alicyclic amines) is 1. The van der Waals surface area contributed by atoms with Crippen molar-refractivity contribution >= 4 is 30.8 Å². The minimum Gasteiger partial charge on any atom is -0.497 e. The van der Waals surface area contributed by atoms with Crippen LogP contribution in [0.5, 0.6) is 11.5 Å². The summed E-state index contributed by atoms with van der Waals surface area (Å²) in [5.41, 5.74) is 0.829. The highest BCUT2D eigenvalue weighted by atomic mass is 28.3. The Labute approximate surface area is 281 Å². The number of fused-ring (bicyclic) bond motifs is 1. The van der Waals surface area contributed by atoms with E-state index in [1.165, 1.54) is 0 Å². The molecule has 5 rings (SSSR count). The van der Waals surface area contributed by atoms with Gasteiger partial charge >= 0.3 is 0 Å². The molecular formula is C34H48N2O11Si. The number of aliphatic hydroxyl groups is 5. The summed E-state index contributed by atoms with van der Waals surface area (Å²) in [5, 5.41) is 53.7. The summed E-state index contributed by atoms with van der Waals surface area (Å²) in [4.78, 5) is 28.8. The van der Waals surface area contributed by atoms with E-state index in [1.807, 2.05) is 19.1 Å². The minimum absolute atomic E-state index is 0.00543. The van der Waals surface area contributed by atoms with E-state index >= 15 is 0 Å². The molecule has 0 spiro atoms. The first-order valence-corrected chi connectivity index (χ1v) is 19.5. The number of carbonyl (C=O) groups excluding carboxylic acids is 2. The van der Waals surface area contributed by atoms with Gasteiger partial charge in [0.2, 0.25) is 5.91 Å². The Hall–Kier alpha value is -3.08. The third-order valence-corrected chi connectivity index (χ3v) is 14.6. The van der Waals surface area contributed by atoms with Crippen LogP contribution in [0.2, 0.25) is 18.6 Å². The van der Waals surface area contributed by atoms with E-state index in [9.17, 15) is 35.1 Å². The molecule has 48 heavy (non-hydrogen) atoms. The number of anilines is 1. The molecule has 13 nitrogen and oxygen atoms in total. The van der Waals surface area contributed by atoms with Gasteiger partial charge in [-0.05, 0) is 43.2 Å². The highest BCUT2D eigenvalue weighted by molar-refractivity contribution is 6.91. The SMILES string of the molecule is COc1ccc([Si](C)(C)C(CC(=O)N2CCC[C@H]2CO)[C@@H]2Oc3ccc(NC(=O)[C@H]4O[C@@H](O)[C@H](O)[C@@H](O)[C@@H]4O)cc3[C@H](OC)[C@H]2C)cc1. The molecule has 2 saturated heterocycles. The first kappa shape index (κ1) is 36.2. The zero-order valence-corrected chi connectivity index (χ0v) is 29.0. The molecule has 2 amide bonds. The lowest BCUT2D eigenvalue weighted by atomic mass is 9.86. The molecule has 0 radical (unpaired) electrons. The number of rotatable bonds is 10. The molecule has 3 heterocycles. The summed E-state index contributed by atoms with van der Waals surface area (Å²) in [6.07, 6.45) is -7.79. The third-order valence-electron chi connectivity index (χ3n) is 10.4. The zero-order valence-electron chi connectivity index (χ0n) is 28.0. The molecule has 0 aromatic heterocycles. The lowest BCUT2D eigenvalue weighted by Crippen LogP contribution is -2.60. The first-order valence-electron chi connectivity index (χ1n) is 16.4. The monoisotopic (exact) mass is 688 g/mol. The van der Waals surface area contributed by atoms with Crippen molar-refractivity contribution < 1.29 is 54.1 Å². The van der Waals surface area contributed by atoms with Gasteiger partial charge in [-0.2, -0.15) is 0 Å². The largest absolute Gasteiger partial charge is 0.497 e. The van der Waals surface area contributed by atoms with Crippen LogP contribution < -0.4 is 20.0 Å². The molecular weight excluding hydrogens is 640 g/mol. The Kier molecular flexibility index (Phi) is 11.2. The highest BCUT2D eigenvalue weighted by Crippen LogP contribution is 2.48. The van der Waals surface area contributed by atoms with Gasteiger partial charge < -0.3 is 54.7 Å². The summed E-state index contributed by atoms with van der Waals surface area (Å²) in [6, 6.07) is 12.8. The summed E-state index contributed by atoms with van der Waals surface area (Å²) < 4.78 is 23.3. The molecule has 0 bridgehead atoms. The Morgan fingerprint density at radius 2 is 1.75 bits per heavy atom. The number of nitrogens with zero attached hydrogens (tertiary/aromatic N) is 1. The summed E-state index contributed by atoms with van der Waals surface area (Å²) in [6.45, 7) is 7.04. The van der Waals surface area contributed by atoms with Gasteiger partial charge in [-0.25, -0.2) is 0 Å². The smallest absolute Gasteiger partial charge is 0.256 e. The predicted octanol–water partition coefficient (Wildman–Crippen LogP) is 0.877. The van der Waals surface area contributed by atoms with E-state index in [0.29, 0.717) is 23.5 Å².